The molecule has 140 valence electrons. The number of benzene rings is 1. The van der Waals surface area contributed by atoms with E-state index in [4.69, 9.17) is 4.99 Å². The van der Waals surface area contributed by atoms with Crippen LogP contribution < -0.4 is 5.32 Å². The Kier molecular flexibility index (Phi) is 8.81. The number of guanidine groups is 1. The van der Waals surface area contributed by atoms with Crippen LogP contribution in [0.25, 0.3) is 0 Å². The first kappa shape index (κ1) is 19.8. The molecule has 0 amide bonds. The lowest BCUT2D eigenvalue weighted by Crippen LogP contribution is -2.40. The Morgan fingerprint density at radius 3 is 2.60 bits per heavy atom. The summed E-state index contributed by atoms with van der Waals surface area (Å²) in [4.78, 5) is 9.81. The molecule has 0 aromatic heterocycles. The number of hydrogen-bond donors (Lipinski definition) is 1. The molecule has 1 unspecified atom stereocenters. The molecular weight excluding hydrogens is 308 g/mol. The molecule has 1 saturated heterocycles. The van der Waals surface area contributed by atoms with Crippen molar-refractivity contribution in [2.75, 3.05) is 45.8 Å². The maximum Gasteiger partial charge on any atom is 0.193 e. The first-order valence-electron chi connectivity index (χ1n) is 10.1. The predicted octanol–water partition coefficient (Wildman–Crippen LogP) is 3.56. The highest BCUT2D eigenvalue weighted by atomic mass is 15.3. The van der Waals surface area contributed by atoms with Gasteiger partial charge in [0.1, 0.15) is 0 Å². The van der Waals surface area contributed by atoms with Crippen LogP contribution >= 0.6 is 0 Å². The zero-order valence-electron chi connectivity index (χ0n) is 16.4. The third kappa shape index (κ3) is 6.35. The van der Waals surface area contributed by atoms with E-state index < -0.39 is 0 Å². The molecule has 1 N–H and O–H groups in total. The smallest absolute Gasteiger partial charge is 0.193 e. The largest absolute Gasteiger partial charge is 0.357 e. The van der Waals surface area contributed by atoms with E-state index in [0.717, 1.165) is 45.2 Å². The van der Waals surface area contributed by atoms with Crippen LogP contribution in [0.4, 0.5) is 0 Å². The van der Waals surface area contributed by atoms with Gasteiger partial charge in [0.05, 0.1) is 0 Å². The minimum absolute atomic E-state index is 0.632. The minimum Gasteiger partial charge on any atom is -0.357 e. The van der Waals surface area contributed by atoms with Crippen molar-refractivity contribution in [3.05, 3.63) is 35.9 Å². The standard InChI is InChI=1S/C21H36N4/c1-4-22-21(23-15-10-11-16-24(5-2)6-3)25-17-14-20(18-25)19-12-8-7-9-13-19/h7-9,12-13,20H,4-6,10-11,14-18H2,1-3H3,(H,22,23). The molecular formula is C21H36N4. The highest BCUT2D eigenvalue weighted by Crippen LogP contribution is 2.26. The van der Waals surface area contributed by atoms with Gasteiger partial charge in [-0.2, -0.15) is 0 Å². The van der Waals surface area contributed by atoms with Gasteiger partial charge in [0.25, 0.3) is 0 Å². The van der Waals surface area contributed by atoms with Crippen molar-refractivity contribution in [1.82, 2.24) is 15.1 Å². The Hall–Kier alpha value is -1.55. The molecule has 1 heterocycles. The first-order valence-corrected chi connectivity index (χ1v) is 10.1. The van der Waals surface area contributed by atoms with Crippen molar-refractivity contribution in [1.29, 1.82) is 0 Å². The van der Waals surface area contributed by atoms with E-state index in [-0.39, 0.29) is 0 Å². The Morgan fingerprint density at radius 2 is 1.92 bits per heavy atom. The maximum atomic E-state index is 4.89. The molecule has 0 radical (unpaired) electrons. The highest BCUT2D eigenvalue weighted by Gasteiger charge is 2.25. The summed E-state index contributed by atoms with van der Waals surface area (Å²) >= 11 is 0. The molecule has 4 heteroatoms. The van der Waals surface area contributed by atoms with E-state index in [2.05, 4.69) is 66.2 Å². The molecule has 25 heavy (non-hydrogen) atoms. The van der Waals surface area contributed by atoms with E-state index in [1.54, 1.807) is 0 Å². The molecule has 0 saturated carbocycles. The Morgan fingerprint density at radius 1 is 1.16 bits per heavy atom. The van der Waals surface area contributed by atoms with E-state index in [1.807, 2.05) is 0 Å². The van der Waals surface area contributed by atoms with Gasteiger partial charge in [-0.05, 0) is 51.4 Å². The van der Waals surface area contributed by atoms with Crippen LogP contribution in [0, 0.1) is 0 Å². The van der Waals surface area contributed by atoms with Gasteiger partial charge >= 0.3 is 0 Å². The number of rotatable bonds is 9. The second-order valence-corrected chi connectivity index (χ2v) is 6.81. The average Bonchev–Trinajstić information content (AvgIpc) is 3.14. The van der Waals surface area contributed by atoms with Gasteiger partial charge < -0.3 is 15.1 Å². The van der Waals surface area contributed by atoms with Crippen molar-refractivity contribution in [2.45, 2.75) is 46.0 Å². The number of aliphatic imine (C=N–C) groups is 1. The van der Waals surface area contributed by atoms with Gasteiger partial charge in [-0.1, -0.05) is 44.2 Å². The van der Waals surface area contributed by atoms with Gasteiger partial charge in [0.15, 0.2) is 5.96 Å². The molecule has 1 fully saturated rings. The summed E-state index contributed by atoms with van der Waals surface area (Å²) in [6.07, 6.45) is 3.62. The van der Waals surface area contributed by atoms with Crippen LogP contribution in [0.2, 0.25) is 0 Å². The summed E-state index contributed by atoms with van der Waals surface area (Å²) in [5.41, 5.74) is 1.46. The minimum atomic E-state index is 0.632. The zero-order valence-corrected chi connectivity index (χ0v) is 16.4. The molecule has 2 rings (SSSR count). The molecule has 1 aromatic rings. The fourth-order valence-corrected chi connectivity index (χ4v) is 3.55. The molecule has 0 bridgehead atoms. The summed E-state index contributed by atoms with van der Waals surface area (Å²) in [5.74, 6) is 1.73. The molecule has 4 nitrogen and oxygen atoms in total. The van der Waals surface area contributed by atoms with Crippen LogP contribution in [0.1, 0.15) is 51.5 Å². The van der Waals surface area contributed by atoms with Crippen molar-refractivity contribution < 1.29 is 0 Å². The maximum absolute atomic E-state index is 4.89. The number of likely N-dealkylation sites (tertiary alicyclic amines) is 1. The Balaban J connectivity index is 1.81. The topological polar surface area (TPSA) is 30.9 Å². The van der Waals surface area contributed by atoms with Crippen molar-refractivity contribution in [3.63, 3.8) is 0 Å². The number of nitrogens with zero attached hydrogens (tertiary/aromatic N) is 3. The predicted molar refractivity (Wildman–Crippen MR) is 108 cm³/mol. The highest BCUT2D eigenvalue weighted by molar-refractivity contribution is 5.80. The molecule has 1 aliphatic heterocycles. The summed E-state index contributed by atoms with van der Waals surface area (Å²) in [6.45, 7) is 14.2. The Labute approximate surface area is 154 Å². The van der Waals surface area contributed by atoms with Crippen molar-refractivity contribution in [2.24, 2.45) is 4.99 Å². The van der Waals surface area contributed by atoms with Gasteiger partial charge in [-0.25, -0.2) is 0 Å². The number of unbranched alkanes of at least 4 members (excludes halogenated alkanes) is 1. The van der Waals surface area contributed by atoms with Crippen LogP contribution in [0.15, 0.2) is 35.3 Å². The SMILES string of the molecule is CCNC(=NCCCCN(CC)CC)N1CCC(c2ccccc2)C1. The second kappa shape index (κ2) is 11.1. The monoisotopic (exact) mass is 344 g/mol. The first-order chi connectivity index (χ1) is 12.3. The van der Waals surface area contributed by atoms with E-state index >= 15 is 0 Å². The van der Waals surface area contributed by atoms with Gasteiger partial charge in [-0.3, -0.25) is 4.99 Å². The molecule has 0 aliphatic carbocycles. The van der Waals surface area contributed by atoms with Gasteiger partial charge in [0.2, 0.25) is 0 Å². The second-order valence-electron chi connectivity index (χ2n) is 6.81. The van der Waals surface area contributed by atoms with Crippen LogP contribution in [-0.2, 0) is 0 Å². The number of nitrogens with one attached hydrogen (secondary N) is 1. The van der Waals surface area contributed by atoms with E-state index in [9.17, 15) is 0 Å². The van der Waals surface area contributed by atoms with Gasteiger partial charge in [-0.15, -0.1) is 0 Å². The lowest BCUT2D eigenvalue weighted by atomic mass is 9.99. The lowest BCUT2D eigenvalue weighted by Gasteiger charge is -2.22. The normalized spacial score (nSPS) is 18.2. The van der Waals surface area contributed by atoms with Crippen molar-refractivity contribution in [3.8, 4) is 0 Å². The Bertz CT molecular complexity index is 496. The summed E-state index contributed by atoms with van der Waals surface area (Å²) in [5, 5.41) is 3.48. The lowest BCUT2D eigenvalue weighted by molar-refractivity contribution is 0.297. The molecule has 1 aromatic carbocycles. The fraction of sp³-hybridized carbons (Fsp3) is 0.667. The van der Waals surface area contributed by atoms with E-state index in [1.165, 1.54) is 31.4 Å². The fourth-order valence-electron chi connectivity index (χ4n) is 3.55. The van der Waals surface area contributed by atoms with Crippen LogP contribution in [-0.4, -0.2) is 61.6 Å². The van der Waals surface area contributed by atoms with E-state index in [0.29, 0.717) is 5.92 Å². The van der Waals surface area contributed by atoms with Gasteiger partial charge in [0, 0.05) is 32.1 Å². The molecule has 1 aliphatic rings. The zero-order chi connectivity index (χ0) is 17.9. The average molecular weight is 345 g/mol. The van der Waals surface area contributed by atoms with Crippen LogP contribution in [0.3, 0.4) is 0 Å². The summed E-state index contributed by atoms with van der Waals surface area (Å²) in [6, 6.07) is 10.9. The van der Waals surface area contributed by atoms with Crippen LogP contribution in [0.5, 0.6) is 0 Å². The summed E-state index contributed by atoms with van der Waals surface area (Å²) < 4.78 is 0. The molecule has 1 atom stereocenters. The quantitative estimate of drug-likeness (QED) is 0.422. The third-order valence-corrected chi connectivity index (χ3v) is 5.13. The van der Waals surface area contributed by atoms with Crippen molar-refractivity contribution >= 4 is 5.96 Å². The summed E-state index contributed by atoms with van der Waals surface area (Å²) in [7, 11) is 0. The third-order valence-electron chi connectivity index (χ3n) is 5.13. The number of hydrogen-bond acceptors (Lipinski definition) is 2. The molecule has 0 spiro atoms.